The number of hydrogen-bond donors (Lipinski definition) is 12. The molecule has 0 aromatic heterocycles. The first kappa shape index (κ1) is 56.7. The van der Waals surface area contributed by atoms with Crippen LogP contribution in [0.4, 0.5) is 0 Å². The molecule has 14 atom stereocenters. The number of hydrogen-bond acceptors (Lipinski definition) is 21. The molecular weight excluding hydrogens is 929 g/mol. The van der Waals surface area contributed by atoms with Crippen LogP contribution in [0.1, 0.15) is 46.1 Å². The van der Waals surface area contributed by atoms with Gasteiger partial charge in [-0.2, -0.15) is 0 Å². The van der Waals surface area contributed by atoms with Crippen molar-refractivity contribution in [1.82, 2.24) is 0 Å². The van der Waals surface area contributed by atoms with Crippen molar-refractivity contribution in [2.24, 2.45) is 0 Å². The maximum atomic E-state index is 13.1. The van der Waals surface area contributed by atoms with Crippen LogP contribution in [0.15, 0.2) is 107 Å². The van der Waals surface area contributed by atoms with E-state index in [1.807, 2.05) is 0 Å². The summed E-state index contributed by atoms with van der Waals surface area (Å²) in [4.78, 5) is 50.4. The third-order valence-electron chi connectivity index (χ3n) is 11.2. The fourth-order valence-electron chi connectivity index (χ4n) is 6.99. The molecule has 0 amide bonds. The van der Waals surface area contributed by atoms with Crippen LogP contribution in [0.2, 0.25) is 0 Å². The van der Waals surface area contributed by atoms with Crippen LogP contribution >= 0.6 is 0 Å². The Balaban J connectivity index is 1.28. The van der Waals surface area contributed by atoms with Gasteiger partial charge in [-0.25, -0.2) is 19.2 Å². The van der Waals surface area contributed by atoms with E-state index in [0.717, 1.165) is 17.2 Å². The molecule has 384 valence electrons. The van der Waals surface area contributed by atoms with Crippen LogP contribution in [0.3, 0.4) is 0 Å². The van der Waals surface area contributed by atoms with Crippen LogP contribution in [0, 0.1) is 0 Å². The average molecular weight is 989 g/mol. The number of rotatable bonds is 18. The van der Waals surface area contributed by atoms with E-state index in [1.165, 1.54) is 50.3 Å². The number of carbonyl (C=O) groups excluding carboxylic acids is 3. The zero-order chi connectivity index (χ0) is 52.0. The molecule has 1 saturated carbocycles. The van der Waals surface area contributed by atoms with Crippen molar-refractivity contribution in [3.05, 3.63) is 113 Å². The molecule has 1 aromatic rings. The molecule has 22 heteroatoms. The van der Waals surface area contributed by atoms with Crippen molar-refractivity contribution < 1.29 is 109 Å². The van der Waals surface area contributed by atoms with E-state index < -0.39 is 141 Å². The molecule has 70 heavy (non-hydrogen) atoms. The van der Waals surface area contributed by atoms with Gasteiger partial charge < -0.3 is 89.7 Å². The number of benzene rings is 1. The van der Waals surface area contributed by atoms with Gasteiger partial charge in [0.2, 0.25) is 6.29 Å². The third kappa shape index (κ3) is 15.6. The normalized spacial score (nSPS) is 32.7. The molecule has 1 aromatic carbocycles. The zero-order valence-electron chi connectivity index (χ0n) is 38.4. The van der Waals surface area contributed by atoms with Gasteiger partial charge in [-0.05, 0) is 51.5 Å². The number of aliphatic hydroxyl groups is 9. The van der Waals surface area contributed by atoms with E-state index >= 15 is 0 Å². The van der Waals surface area contributed by atoms with Gasteiger partial charge in [0, 0.05) is 30.1 Å². The van der Waals surface area contributed by atoms with Crippen molar-refractivity contribution in [2.45, 2.75) is 126 Å². The lowest BCUT2D eigenvalue weighted by atomic mass is 9.79. The Labute approximate surface area is 401 Å². The van der Waals surface area contributed by atoms with Crippen LogP contribution < -0.4 is 0 Å². The minimum absolute atomic E-state index is 0.0452. The maximum Gasteiger partial charge on any atom is 0.336 e. The fraction of sp³-hybridized carbons (Fsp3) is 0.458. The molecule has 2 aliphatic heterocycles. The van der Waals surface area contributed by atoms with Gasteiger partial charge in [0.25, 0.3) is 0 Å². The SMILES string of the molecule is CC(C=CC=C(C)C(=O)OC1CC(O)(C(=O)O)CC(O)C1OC(=O)C=Cc1ccc(O)c(O)c1)=CC=CC=C(C)C=CC=C(C)C(=O)OC1OC(COC2OC(CO)C(O)C(O)C2O)C(O)C(O)C1O. The Morgan fingerprint density at radius 1 is 0.657 bits per heavy atom. The van der Waals surface area contributed by atoms with Gasteiger partial charge >= 0.3 is 23.9 Å². The van der Waals surface area contributed by atoms with E-state index in [2.05, 4.69) is 0 Å². The fourth-order valence-corrected chi connectivity index (χ4v) is 6.99. The van der Waals surface area contributed by atoms with Gasteiger partial charge in [0.05, 0.1) is 19.3 Å². The van der Waals surface area contributed by atoms with Crippen LogP contribution in [0.5, 0.6) is 11.5 Å². The largest absolute Gasteiger partial charge is 0.504 e. The highest BCUT2D eigenvalue weighted by molar-refractivity contribution is 5.89. The van der Waals surface area contributed by atoms with Crippen molar-refractivity contribution >= 4 is 30.0 Å². The van der Waals surface area contributed by atoms with Gasteiger partial charge in [0.15, 0.2) is 29.5 Å². The van der Waals surface area contributed by atoms with Crippen LogP contribution in [-0.4, -0.2) is 184 Å². The second kappa shape index (κ2) is 25.8. The summed E-state index contributed by atoms with van der Waals surface area (Å²) in [6.45, 7) is 5.07. The van der Waals surface area contributed by atoms with Crippen molar-refractivity contribution in [1.29, 1.82) is 0 Å². The third-order valence-corrected chi connectivity index (χ3v) is 11.2. The molecule has 4 rings (SSSR count). The average Bonchev–Trinajstić information content (AvgIpc) is 3.31. The highest BCUT2D eigenvalue weighted by atomic mass is 16.7. The second-order valence-electron chi connectivity index (χ2n) is 16.8. The van der Waals surface area contributed by atoms with Gasteiger partial charge in [-0.15, -0.1) is 0 Å². The van der Waals surface area contributed by atoms with Crippen LogP contribution in [0.25, 0.3) is 6.08 Å². The minimum Gasteiger partial charge on any atom is -0.504 e. The topological polar surface area (TPSA) is 366 Å². The summed E-state index contributed by atoms with van der Waals surface area (Å²) in [6, 6.07) is 3.76. The van der Waals surface area contributed by atoms with E-state index in [-0.39, 0.29) is 16.9 Å². The molecule has 0 bridgehead atoms. The van der Waals surface area contributed by atoms with Crippen molar-refractivity contribution in [2.75, 3.05) is 13.2 Å². The van der Waals surface area contributed by atoms with Gasteiger partial charge in [-0.3, -0.25) is 0 Å². The van der Waals surface area contributed by atoms with E-state index in [4.69, 9.17) is 28.4 Å². The minimum atomic E-state index is -2.49. The number of aliphatic carboxylic acids is 1. The molecule has 3 aliphatic rings. The van der Waals surface area contributed by atoms with Gasteiger partial charge in [-0.1, -0.05) is 78.0 Å². The highest BCUT2D eigenvalue weighted by Crippen LogP contribution is 2.34. The number of phenolic OH excluding ortho intramolecular Hbond substituents is 2. The smallest absolute Gasteiger partial charge is 0.336 e. The number of allylic oxidation sites excluding steroid dienone is 12. The molecular formula is C48H60O22. The summed E-state index contributed by atoms with van der Waals surface area (Å²) in [5.74, 6) is -5.40. The number of ether oxygens (including phenoxy) is 6. The molecule has 0 radical (unpaired) electrons. The molecule has 0 spiro atoms. The van der Waals surface area contributed by atoms with Gasteiger partial charge in [0.1, 0.15) is 54.9 Å². The number of carbonyl (C=O) groups is 4. The Morgan fingerprint density at radius 3 is 1.76 bits per heavy atom. The quantitative estimate of drug-likeness (QED) is 0.0291. The first-order valence-corrected chi connectivity index (χ1v) is 21.8. The standard InChI is InChI=1S/C48H60O22/c1-24(11-7-13-26(3)43(60)66-32-21-48(64,47(62)63)20-31(52)42(32)69-35(53)18-16-28-15-17-29(50)30(51)19-28)9-5-6-10-25(2)12-8-14-27(4)44(61)70-46-41(59)39(57)37(55)34(68-46)23-65-45-40(58)38(56)36(54)33(22-49)67-45/h5-19,31-34,36-42,45-46,49-52,54-59,64H,20-23H2,1-4H3,(H,62,63). The van der Waals surface area contributed by atoms with Crippen LogP contribution in [-0.2, 0) is 47.6 Å². The summed E-state index contributed by atoms with van der Waals surface area (Å²) in [5, 5.41) is 121. The lowest BCUT2D eigenvalue weighted by molar-refractivity contribution is -0.326. The number of carboxylic acids is 1. The van der Waals surface area contributed by atoms with Crippen molar-refractivity contribution in [3.8, 4) is 11.5 Å². The number of esters is 3. The Hall–Kier alpha value is -5.86. The first-order valence-electron chi connectivity index (χ1n) is 21.8. The monoisotopic (exact) mass is 988 g/mol. The van der Waals surface area contributed by atoms with E-state index in [9.17, 15) is 80.5 Å². The molecule has 1 aliphatic carbocycles. The number of aromatic hydroxyl groups is 2. The highest BCUT2D eigenvalue weighted by Gasteiger charge is 2.53. The number of aliphatic hydroxyl groups excluding tert-OH is 8. The first-order chi connectivity index (χ1) is 33.0. The number of carboxylic acid groups (broad SMARTS) is 1. The molecule has 2 saturated heterocycles. The lowest BCUT2D eigenvalue weighted by Gasteiger charge is -2.42. The second-order valence-corrected chi connectivity index (χ2v) is 16.8. The molecule has 12 N–H and O–H groups in total. The number of phenols is 2. The Bertz CT molecular complexity index is 2260. The van der Waals surface area contributed by atoms with Crippen molar-refractivity contribution in [3.63, 3.8) is 0 Å². The molecule has 22 nitrogen and oxygen atoms in total. The Morgan fingerprint density at radius 2 is 1.20 bits per heavy atom. The molecule has 14 unspecified atom stereocenters. The summed E-state index contributed by atoms with van der Waals surface area (Å²) in [6.07, 6.45) is -4.50. The maximum absolute atomic E-state index is 13.1. The predicted molar refractivity (Wildman–Crippen MR) is 241 cm³/mol. The Kier molecular flexibility index (Phi) is 20.9. The predicted octanol–water partition coefficient (Wildman–Crippen LogP) is -0.474. The summed E-state index contributed by atoms with van der Waals surface area (Å²) in [7, 11) is 0. The summed E-state index contributed by atoms with van der Waals surface area (Å²) in [5.41, 5.74) is -0.569. The van der Waals surface area contributed by atoms with E-state index in [1.54, 1.807) is 62.5 Å². The molecule has 3 fully saturated rings. The zero-order valence-corrected chi connectivity index (χ0v) is 38.4. The van der Waals surface area contributed by atoms with E-state index in [0.29, 0.717) is 5.56 Å². The summed E-state index contributed by atoms with van der Waals surface area (Å²) < 4.78 is 32.1. The lowest BCUT2D eigenvalue weighted by Crippen LogP contribution is -2.61. The summed E-state index contributed by atoms with van der Waals surface area (Å²) >= 11 is 0. The molecule has 2 heterocycles.